The van der Waals surface area contributed by atoms with E-state index >= 15 is 0 Å². The minimum atomic E-state index is 0.260. The van der Waals surface area contributed by atoms with Crippen LogP contribution in [0.5, 0.6) is 0 Å². The fraction of sp³-hybridized carbons (Fsp3) is 0.875. The largest absolute Gasteiger partial charge is 0.316 e. The molecule has 2 nitrogen and oxygen atoms in total. The normalized spacial score (nSPS) is 10.4. The molecule has 1 N–H and O–H groups in total. The molecule has 0 bridgehead atoms. The van der Waals surface area contributed by atoms with Crippen LogP contribution in [0.2, 0.25) is 0 Å². The van der Waals surface area contributed by atoms with E-state index in [1.165, 1.54) is 0 Å². The predicted octanol–water partition coefficient (Wildman–Crippen LogP) is 1.21. The molecule has 0 aliphatic heterocycles. The van der Waals surface area contributed by atoms with Gasteiger partial charge in [-0.2, -0.15) is 0 Å². The number of carbonyl (C=O) groups is 1. The Labute approximate surface area is 63.0 Å². The second kappa shape index (κ2) is 5.42. The van der Waals surface area contributed by atoms with Crippen LogP contribution in [-0.4, -0.2) is 18.9 Å². The summed E-state index contributed by atoms with van der Waals surface area (Å²) in [5, 5.41) is 3.20. The third-order valence-corrected chi connectivity index (χ3v) is 1.21. The van der Waals surface area contributed by atoms with E-state index in [1.807, 2.05) is 0 Å². The van der Waals surface area contributed by atoms with Gasteiger partial charge in [0.05, 0.1) is 0 Å². The van der Waals surface area contributed by atoms with Crippen LogP contribution in [0.3, 0.4) is 0 Å². The first-order valence-corrected chi connectivity index (χ1v) is 3.83. The molecule has 0 saturated heterocycles. The van der Waals surface area contributed by atoms with Gasteiger partial charge in [0, 0.05) is 13.0 Å². The third kappa shape index (κ3) is 7.63. The fourth-order valence-corrected chi connectivity index (χ4v) is 0.655. The van der Waals surface area contributed by atoms with Gasteiger partial charge in [0.15, 0.2) is 0 Å². The Kier molecular flexibility index (Phi) is 5.22. The molecule has 0 fully saturated rings. The van der Waals surface area contributed by atoms with Crippen LogP contribution in [0.4, 0.5) is 0 Å². The summed E-state index contributed by atoms with van der Waals surface area (Å²) in [5.74, 6) is 0.934. The molecule has 2 heteroatoms. The zero-order valence-electron chi connectivity index (χ0n) is 7.11. The molecule has 0 aromatic rings. The van der Waals surface area contributed by atoms with E-state index in [1.54, 1.807) is 6.92 Å². The standard InChI is InChI=1S/C8H17NO/c1-7(2)6-9-5-4-8(3)10/h7,9H,4-6H2,1-3H3. The zero-order valence-corrected chi connectivity index (χ0v) is 7.11. The van der Waals surface area contributed by atoms with Gasteiger partial charge in [-0.25, -0.2) is 0 Å². The summed E-state index contributed by atoms with van der Waals surface area (Å²) in [6.45, 7) is 7.76. The molecule has 0 aliphatic carbocycles. The summed E-state index contributed by atoms with van der Waals surface area (Å²) >= 11 is 0. The molecular weight excluding hydrogens is 126 g/mol. The smallest absolute Gasteiger partial charge is 0.131 e. The highest BCUT2D eigenvalue weighted by atomic mass is 16.1. The number of ketones is 1. The Morgan fingerprint density at radius 2 is 2.10 bits per heavy atom. The van der Waals surface area contributed by atoms with Crippen molar-refractivity contribution < 1.29 is 4.79 Å². The summed E-state index contributed by atoms with van der Waals surface area (Å²) in [5.41, 5.74) is 0. The average molecular weight is 143 g/mol. The van der Waals surface area contributed by atoms with Gasteiger partial charge in [-0.05, 0) is 19.4 Å². The van der Waals surface area contributed by atoms with Gasteiger partial charge >= 0.3 is 0 Å². The highest BCUT2D eigenvalue weighted by Crippen LogP contribution is 1.87. The summed E-state index contributed by atoms with van der Waals surface area (Å²) in [6, 6.07) is 0. The van der Waals surface area contributed by atoms with Gasteiger partial charge in [0.25, 0.3) is 0 Å². The number of hydrogen-bond acceptors (Lipinski definition) is 2. The average Bonchev–Trinajstić information content (AvgIpc) is 1.79. The Morgan fingerprint density at radius 1 is 1.50 bits per heavy atom. The molecule has 0 rings (SSSR count). The number of hydrogen-bond donors (Lipinski definition) is 1. The first-order valence-electron chi connectivity index (χ1n) is 3.83. The highest BCUT2D eigenvalue weighted by molar-refractivity contribution is 5.75. The highest BCUT2D eigenvalue weighted by Gasteiger charge is 1.94. The Morgan fingerprint density at radius 3 is 2.50 bits per heavy atom. The van der Waals surface area contributed by atoms with Crippen molar-refractivity contribution in [2.24, 2.45) is 5.92 Å². The molecule has 10 heavy (non-hydrogen) atoms. The Bertz CT molecular complexity index is 99.4. The zero-order chi connectivity index (χ0) is 7.98. The minimum Gasteiger partial charge on any atom is -0.316 e. The van der Waals surface area contributed by atoms with Crippen molar-refractivity contribution in [2.45, 2.75) is 27.2 Å². The van der Waals surface area contributed by atoms with Crippen LogP contribution in [-0.2, 0) is 4.79 Å². The van der Waals surface area contributed by atoms with E-state index in [2.05, 4.69) is 19.2 Å². The van der Waals surface area contributed by atoms with Crippen LogP contribution in [0.1, 0.15) is 27.2 Å². The first kappa shape index (κ1) is 9.63. The second-order valence-corrected chi connectivity index (χ2v) is 3.05. The summed E-state index contributed by atoms with van der Waals surface area (Å²) in [4.78, 5) is 10.4. The topological polar surface area (TPSA) is 29.1 Å². The Hall–Kier alpha value is -0.370. The van der Waals surface area contributed by atoms with Crippen molar-refractivity contribution in [1.82, 2.24) is 5.32 Å². The minimum absolute atomic E-state index is 0.260. The van der Waals surface area contributed by atoms with Crippen LogP contribution in [0, 0.1) is 5.92 Å². The van der Waals surface area contributed by atoms with Crippen molar-refractivity contribution in [3.63, 3.8) is 0 Å². The molecular formula is C8H17NO. The molecule has 0 unspecified atom stereocenters. The van der Waals surface area contributed by atoms with E-state index < -0.39 is 0 Å². The lowest BCUT2D eigenvalue weighted by Crippen LogP contribution is -2.22. The van der Waals surface area contributed by atoms with Crippen molar-refractivity contribution in [3.05, 3.63) is 0 Å². The van der Waals surface area contributed by atoms with Crippen LogP contribution < -0.4 is 5.32 Å². The quantitative estimate of drug-likeness (QED) is 0.586. The van der Waals surface area contributed by atoms with Crippen LogP contribution >= 0.6 is 0 Å². The maximum absolute atomic E-state index is 10.4. The third-order valence-electron chi connectivity index (χ3n) is 1.21. The lowest BCUT2D eigenvalue weighted by Gasteiger charge is -2.04. The second-order valence-electron chi connectivity index (χ2n) is 3.05. The van der Waals surface area contributed by atoms with Crippen molar-refractivity contribution in [2.75, 3.05) is 13.1 Å². The summed E-state index contributed by atoms with van der Waals surface area (Å²) in [6.07, 6.45) is 0.659. The maximum atomic E-state index is 10.4. The van der Waals surface area contributed by atoms with Gasteiger partial charge in [-0.3, -0.25) is 4.79 Å². The first-order chi connectivity index (χ1) is 4.63. The SMILES string of the molecule is CC(=O)CCNCC(C)C. The number of carbonyl (C=O) groups excluding carboxylic acids is 1. The molecule has 0 saturated carbocycles. The maximum Gasteiger partial charge on any atom is 0.131 e. The molecule has 0 heterocycles. The van der Waals surface area contributed by atoms with Crippen LogP contribution in [0.25, 0.3) is 0 Å². The number of Topliss-reactive ketones (excluding diaryl/α,β-unsaturated/α-hetero) is 1. The predicted molar refractivity (Wildman–Crippen MR) is 43.0 cm³/mol. The van der Waals surface area contributed by atoms with E-state index in [4.69, 9.17) is 0 Å². The van der Waals surface area contributed by atoms with Gasteiger partial charge < -0.3 is 5.32 Å². The van der Waals surface area contributed by atoms with Crippen LogP contribution in [0.15, 0.2) is 0 Å². The summed E-state index contributed by atoms with van der Waals surface area (Å²) in [7, 11) is 0. The van der Waals surface area contributed by atoms with E-state index in [0.717, 1.165) is 13.1 Å². The molecule has 60 valence electrons. The molecule has 0 aromatic carbocycles. The molecule has 0 amide bonds. The molecule has 0 spiro atoms. The van der Waals surface area contributed by atoms with E-state index in [0.29, 0.717) is 12.3 Å². The van der Waals surface area contributed by atoms with Gasteiger partial charge in [-0.1, -0.05) is 13.8 Å². The van der Waals surface area contributed by atoms with E-state index in [-0.39, 0.29) is 5.78 Å². The van der Waals surface area contributed by atoms with Gasteiger partial charge in [0.1, 0.15) is 5.78 Å². The Balaban J connectivity index is 2.98. The van der Waals surface area contributed by atoms with Gasteiger partial charge in [-0.15, -0.1) is 0 Å². The summed E-state index contributed by atoms with van der Waals surface area (Å²) < 4.78 is 0. The monoisotopic (exact) mass is 143 g/mol. The molecule has 0 atom stereocenters. The van der Waals surface area contributed by atoms with Crippen molar-refractivity contribution in [3.8, 4) is 0 Å². The molecule has 0 radical (unpaired) electrons. The number of nitrogens with one attached hydrogen (secondary N) is 1. The van der Waals surface area contributed by atoms with Crippen molar-refractivity contribution in [1.29, 1.82) is 0 Å². The lowest BCUT2D eigenvalue weighted by molar-refractivity contribution is -0.116. The molecule has 0 aromatic heterocycles. The van der Waals surface area contributed by atoms with E-state index in [9.17, 15) is 4.79 Å². The van der Waals surface area contributed by atoms with Gasteiger partial charge in [0.2, 0.25) is 0 Å². The fourth-order valence-electron chi connectivity index (χ4n) is 0.655. The van der Waals surface area contributed by atoms with Crippen molar-refractivity contribution >= 4 is 5.78 Å². The lowest BCUT2D eigenvalue weighted by atomic mass is 10.2. The number of rotatable bonds is 5. The molecule has 0 aliphatic rings.